The molecular weight excluding hydrogens is 439 g/mol. The fraction of sp³-hybridized carbons (Fsp3) is 0.545. The van der Waals surface area contributed by atoms with Crippen LogP contribution in [0.15, 0.2) is 22.9 Å². The second-order valence-electron chi connectivity index (χ2n) is 9.62. The minimum Gasteiger partial charge on any atom is -0.431 e. The topological polar surface area (TPSA) is 106 Å². The molecule has 3 aromatic rings. The number of rotatable bonds is 5. The van der Waals surface area contributed by atoms with Gasteiger partial charge in [0.1, 0.15) is 11.9 Å². The van der Waals surface area contributed by atoms with Crippen molar-refractivity contribution in [1.82, 2.24) is 24.8 Å². The van der Waals surface area contributed by atoms with E-state index >= 15 is 0 Å². The summed E-state index contributed by atoms with van der Waals surface area (Å²) in [5.41, 5.74) is 0.160. The maximum absolute atomic E-state index is 12.9. The fourth-order valence-electron chi connectivity index (χ4n) is 5.31. The van der Waals surface area contributed by atoms with Crippen molar-refractivity contribution in [2.24, 2.45) is 11.8 Å². The van der Waals surface area contributed by atoms with Gasteiger partial charge in [0.25, 0.3) is 0 Å². The van der Waals surface area contributed by atoms with Gasteiger partial charge in [-0.2, -0.15) is 18.2 Å². The largest absolute Gasteiger partial charge is 0.469 e. The molecule has 0 aromatic carbocycles. The van der Waals surface area contributed by atoms with Crippen LogP contribution in [0.4, 0.5) is 13.2 Å². The summed E-state index contributed by atoms with van der Waals surface area (Å²) >= 11 is 0. The molecule has 3 heterocycles. The van der Waals surface area contributed by atoms with E-state index in [9.17, 15) is 23.1 Å². The van der Waals surface area contributed by atoms with E-state index < -0.39 is 18.2 Å². The Bertz CT molecular complexity index is 1260. The molecule has 1 amide bonds. The Kier molecular flexibility index (Phi) is 4.50. The molecule has 3 aliphatic carbocycles. The van der Waals surface area contributed by atoms with Crippen LogP contribution in [0.1, 0.15) is 58.4 Å². The van der Waals surface area contributed by atoms with Gasteiger partial charge >= 0.3 is 12.1 Å². The molecular formula is C22H24F3N5O3. The number of aromatic nitrogens is 4. The molecule has 0 aliphatic heterocycles. The highest BCUT2D eigenvalue weighted by molar-refractivity contribution is 5.76. The molecule has 2 N–H and O–H groups in total. The molecule has 3 saturated carbocycles. The minimum atomic E-state index is -4.71. The first kappa shape index (κ1) is 21.9. The fourth-order valence-corrected chi connectivity index (χ4v) is 5.31. The smallest absolute Gasteiger partial charge is 0.431 e. The van der Waals surface area contributed by atoms with E-state index in [1.165, 1.54) is 19.2 Å². The zero-order chi connectivity index (χ0) is 23.9. The van der Waals surface area contributed by atoms with E-state index in [1.807, 2.05) is 18.4 Å². The third kappa shape index (κ3) is 3.08. The molecule has 2 atom stereocenters. The van der Waals surface area contributed by atoms with Gasteiger partial charge in [0.05, 0.1) is 11.2 Å². The van der Waals surface area contributed by atoms with Crippen molar-refractivity contribution in [2.75, 3.05) is 0 Å². The number of alkyl halides is 3. The summed E-state index contributed by atoms with van der Waals surface area (Å²) in [5.74, 6) is -0.909. The number of aliphatic hydroxyl groups is 1. The number of carbonyl (C=O) groups excluding carboxylic acids is 1. The monoisotopic (exact) mass is 463 g/mol. The third-order valence-corrected chi connectivity index (χ3v) is 7.20. The van der Waals surface area contributed by atoms with E-state index in [1.54, 1.807) is 6.20 Å². The number of pyridine rings is 1. The molecule has 11 heteroatoms. The SMILES string of the molecule is CC(=O)NC12CC(n3cc(-c4cnc5nc(C(F)(F)F)oc5c4)nc3C(O)C(C)C)(C1)[C@H]2C. The standard InChI is InChI=1S/C22H24F3N5O3/c1-10(2)16(32)18-27-14(7-30(18)21-8-20(9-21,11(21)3)29-12(4)31)13-5-15-17(26-6-13)28-19(33-15)22(23,24)25/h5-7,10-11,16,32H,8-9H2,1-4H3,(H,29,31)/t11-,16?,20?,21?/m0/s1. The zero-order valence-corrected chi connectivity index (χ0v) is 18.6. The number of carbonyl (C=O) groups is 1. The highest BCUT2D eigenvalue weighted by Gasteiger charge is 2.75. The van der Waals surface area contributed by atoms with Gasteiger partial charge < -0.3 is 19.4 Å². The number of hydrogen-bond donors (Lipinski definition) is 2. The van der Waals surface area contributed by atoms with Crippen molar-refractivity contribution in [3.8, 4) is 11.3 Å². The Hall–Kier alpha value is -2.95. The Morgan fingerprint density at radius 2 is 2.03 bits per heavy atom. The summed E-state index contributed by atoms with van der Waals surface area (Å²) in [5, 5.41) is 13.9. The number of fused-ring (bicyclic) bond motifs is 1. The van der Waals surface area contributed by atoms with Crippen LogP contribution < -0.4 is 5.32 Å². The average molecular weight is 463 g/mol. The number of imidazole rings is 1. The third-order valence-electron chi connectivity index (χ3n) is 7.20. The van der Waals surface area contributed by atoms with Gasteiger partial charge in [0, 0.05) is 36.3 Å². The molecule has 2 bridgehead atoms. The molecule has 3 fully saturated rings. The predicted octanol–water partition coefficient (Wildman–Crippen LogP) is 3.81. The highest BCUT2D eigenvalue weighted by atomic mass is 19.4. The van der Waals surface area contributed by atoms with Gasteiger partial charge in [-0.05, 0) is 24.8 Å². The van der Waals surface area contributed by atoms with E-state index in [2.05, 4.69) is 27.2 Å². The molecule has 0 spiro atoms. The summed E-state index contributed by atoms with van der Waals surface area (Å²) < 4.78 is 45.7. The van der Waals surface area contributed by atoms with Crippen molar-refractivity contribution in [1.29, 1.82) is 0 Å². The van der Waals surface area contributed by atoms with Crippen LogP contribution in [0, 0.1) is 11.8 Å². The first-order valence-electron chi connectivity index (χ1n) is 10.8. The summed E-state index contributed by atoms with van der Waals surface area (Å²) in [6.45, 7) is 7.33. The molecule has 0 radical (unpaired) electrons. The van der Waals surface area contributed by atoms with E-state index in [-0.39, 0.29) is 40.1 Å². The Balaban J connectivity index is 1.55. The van der Waals surface area contributed by atoms with Crippen LogP contribution in [0.2, 0.25) is 0 Å². The first-order chi connectivity index (χ1) is 15.4. The Morgan fingerprint density at radius 3 is 2.61 bits per heavy atom. The van der Waals surface area contributed by atoms with Gasteiger partial charge in [-0.1, -0.05) is 20.8 Å². The average Bonchev–Trinajstić information content (AvgIpc) is 3.33. The summed E-state index contributed by atoms with van der Waals surface area (Å²) in [7, 11) is 0. The molecule has 6 rings (SSSR count). The van der Waals surface area contributed by atoms with E-state index in [4.69, 9.17) is 4.42 Å². The summed E-state index contributed by atoms with van der Waals surface area (Å²) in [4.78, 5) is 23.7. The maximum Gasteiger partial charge on any atom is 0.469 e. The molecule has 33 heavy (non-hydrogen) atoms. The van der Waals surface area contributed by atoms with Crippen molar-refractivity contribution < 1.29 is 27.5 Å². The molecule has 8 nitrogen and oxygen atoms in total. The number of hydrogen-bond acceptors (Lipinski definition) is 6. The highest BCUT2D eigenvalue weighted by Crippen LogP contribution is 2.69. The molecule has 0 saturated heterocycles. The normalized spacial score (nSPS) is 27.4. The maximum atomic E-state index is 12.9. The zero-order valence-electron chi connectivity index (χ0n) is 18.6. The van der Waals surface area contributed by atoms with Crippen molar-refractivity contribution in [2.45, 2.75) is 63.9 Å². The van der Waals surface area contributed by atoms with Gasteiger partial charge in [-0.3, -0.25) is 4.79 Å². The van der Waals surface area contributed by atoms with Crippen LogP contribution in [-0.2, 0) is 16.5 Å². The second kappa shape index (κ2) is 6.78. The Labute approximate surface area is 187 Å². The van der Waals surface area contributed by atoms with Crippen LogP contribution >= 0.6 is 0 Å². The molecule has 3 aliphatic rings. The van der Waals surface area contributed by atoms with E-state index in [0.29, 0.717) is 17.1 Å². The Morgan fingerprint density at radius 1 is 1.33 bits per heavy atom. The van der Waals surface area contributed by atoms with E-state index in [0.717, 1.165) is 12.8 Å². The number of halogens is 3. The van der Waals surface area contributed by atoms with Gasteiger partial charge in [0.15, 0.2) is 11.2 Å². The molecule has 1 unspecified atom stereocenters. The lowest BCUT2D eigenvalue weighted by molar-refractivity contribution is -0.208. The lowest BCUT2D eigenvalue weighted by Gasteiger charge is -2.76. The number of nitrogens with one attached hydrogen (secondary N) is 1. The predicted molar refractivity (Wildman–Crippen MR) is 111 cm³/mol. The van der Waals surface area contributed by atoms with Crippen LogP contribution in [0.25, 0.3) is 22.5 Å². The van der Waals surface area contributed by atoms with Crippen molar-refractivity contribution >= 4 is 17.1 Å². The van der Waals surface area contributed by atoms with Crippen molar-refractivity contribution in [3.05, 3.63) is 30.2 Å². The van der Waals surface area contributed by atoms with Gasteiger partial charge in [-0.15, -0.1) is 0 Å². The van der Waals surface area contributed by atoms with Crippen molar-refractivity contribution in [3.63, 3.8) is 0 Å². The quantitative estimate of drug-likeness (QED) is 0.596. The van der Waals surface area contributed by atoms with Crippen LogP contribution in [0.5, 0.6) is 0 Å². The number of oxazole rings is 1. The second-order valence-corrected chi connectivity index (χ2v) is 9.62. The lowest BCUT2D eigenvalue weighted by atomic mass is 9.37. The molecule has 176 valence electrons. The number of nitrogens with zero attached hydrogens (tertiary/aromatic N) is 4. The lowest BCUT2D eigenvalue weighted by Crippen LogP contribution is -2.84. The first-order valence-corrected chi connectivity index (χ1v) is 10.8. The van der Waals surface area contributed by atoms with Gasteiger partial charge in [-0.25, -0.2) is 9.97 Å². The number of amides is 1. The van der Waals surface area contributed by atoms with Gasteiger partial charge in [0.2, 0.25) is 5.91 Å². The minimum absolute atomic E-state index is 0.0754. The summed E-state index contributed by atoms with van der Waals surface area (Å²) in [6.07, 6.45) is -0.895. The van der Waals surface area contributed by atoms with Crippen LogP contribution in [0.3, 0.4) is 0 Å². The number of aliphatic hydroxyl groups excluding tert-OH is 1. The molecule has 3 aromatic heterocycles. The summed E-state index contributed by atoms with van der Waals surface area (Å²) in [6, 6.07) is 1.42. The van der Waals surface area contributed by atoms with Crippen LogP contribution in [-0.4, -0.2) is 36.1 Å².